The molecule has 0 bridgehead atoms. The number of aryl methyl sites for hydroxylation is 1. The zero-order chi connectivity index (χ0) is 21.8. The van der Waals surface area contributed by atoms with Crippen molar-refractivity contribution in [3.63, 3.8) is 0 Å². The number of carbonyl (C=O) groups excluding carboxylic acids is 1. The van der Waals surface area contributed by atoms with Crippen LogP contribution >= 0.6 is 0 Å². The van der Waals surface area contributed by atoms with Crippen molar-refractivity contribution in [2.24, 2.45) is 11.1 Å². The highest BCUT2D eigenvalue weighted by molar-refractivity contribution is 5.81. The maximum Gasteiger partial charge on any atom is 0.227 e. The first-order valence-electron chi connectivity index (χ1n) is 10.6. The Labute approximate surface area is 175 Å². The Kier molecular flexibility index (Phi) is 7.39. The number of nitroso groups, excluding NO2 is 1. The van der Waals surface area contributed by atoms with Crippen LogP contribution < -0.4 is 5.32 Å². The monoisotopic (exact) mass is 399 g/mol. The average molecular weight is 400 g/mol. The van der Waals surface area contributed by atoms with Crippen LogP contribution in [0.1, 0.15) is 66.4 Å². The zero-order valence-corrected chi connectivity index (χ0v) is 19.1. The van der Waals surface area contributed by atoms with Crippen molar-refractivity contribution in [1.82, 2.24) is 10.2 Å². The van der Waals surface area contributed by atoms with Gasteiger partial charge in [0.25, 0.3) is 0 Å². The number of allylic oxidation sites excluding steroid dienone is 1. The van der Waals surface area contributed by atoms with E-state index in [1.165, 1.54) is 0 Å². The van der Waals surface area contributed by atoms with E-state index in [1.54, 1.807) is 12.1 Å². The Hall–Kier alpha value is -2.01. The molecule has 0 radical (unpaired) electrons. The molecule has 0 saturated carbocycles. The molecule has 1 fully saturated rings. The summed E-state index contributed by atoms with van der Waals surface area (Å²) in [5.74, 6) is -0.0242. The van der Waals surface area contributed by atoms with Gasteiger partial charge in [-0.3, -0.25) is 9.69 Å². The second kappa shape index (κ2) is 9.21. The topological polar surface area (TPSA) is 61.8 Å². The molecule has 1 N–H and O–H groups in total. The smallest absolute Gasteiger partial charge is 0.227 e. The van der Waals surface area contributed by atoms with Crippen molar-refractivity contribution in [2.45, 2.75) is 84.3 Å². The molecular weight excluding hydrogens is 362 g/mol. The number of amides is 1. The largest absolute Gasteiger partial charge is 0.353 e. The molecule has 0 spiro atoms. The van der Waals surface area contributed by atoms with Gasteiger partial charge in [0.2, 0.25) is 5.91 Å². The van der Waals surface area contributed by atoms with E-state index in [9.17, 15) is 9.70 Å². The van der Waals surface area contributed by atoms with E-state index in [1.807, 2.05) is 26.0 Å². The van der Waals surface area contributed by atoms with E-state index in [4.69, 9.17) is 0 Å². The van der Waals surface area contributed by atoms with Gasteiger partial charge in [-0.15, -0.1) is 4.91 Å². The Morgan fingerprint density at radius 3 is 2.28 bits per heavy atom. The second-order valence-corrected chi connectivity index (χ2v) is 9.76. The minimum atomic E-state index is -0.137. The van der Waals surface area contributed by atoms with Gasteiger partial charge >= 0.3 is 0 Å². The highest BCUT2D eigenvalue weighted by atomic mass is 16.3. The van der Waals surface area contributed by atoms with Crippen LogP contribution in [0.3, 0.4) is 0 Å². The molecule has 160 valence electrons. The third-order valence-corrected chi connectivity index (χ3v) is 6.67. The quantitative estimate of drug-likeness (QED) is 0.495. The lowest BCUT2D eigenvalue weighted by atomic mass is 9.77. The first-order valence-corrected chi connectivity index (χ1v) is 10.6. The van der Waals surface area contributed by atoms with Crippen LogP contribution in [0.25, 0.3) is 0 Å². The van der Waals surface area contributed by atoms with E-state index >= 15 is 0 Å². The lowest BCUT2D eigenvalue weighted by Crippen LogP contribution is -2.62. The molecule has 1 aromatic rings. The number of benzene rings is 1. The molecule has 1 unspecified atom stereocenters. The number of nitrogens with one attached hydrogen (secondary N) is 1. The number of hydrogen-bond acceptors (Lipinski definition) is 4. The summed E-state index contributed by atoms with van der Waals surface area (Å²) >= 11 is 0. The molecule has 5 nitrogen and oxygen atoms in total. The lowest BCUT2D eigenvalue weighted by Gasteiger charge is -2.53. The summed E-state index contributed by atoms with van der Waals surface area (Å²) in [5.41, 5.74) is 2.83. The van der Waals surface area contributed by atoms with Gasteiger partial charge in [0.05, 0.1) is 5.92 Å². The maximum atomic E-state index is 12.9. The van der Waals surface area contributed by atoms with E-state index < -0.39 is 0 Å². The normalized spacial score (nSPS) is 20.9. The number of likely N-dealkylation sites (tertiary alicyclic amines) is 1. The Morgan fingerprint density at radius 1 is 1.21 bits per heavy atom. The Bertz CT molecular complexity index is 732. The summed E-state index contributed by atoms with van der Waals surface area (Å²) < 4.78 is 0. The number of piperidine rings is 1. The van der Waals surface area contributed by atoms with Gasteiger partial charge in [-0.05, 0) is 97.1 Å². The summed E-state index contributed by atoms with van der Waals surface area (Å²) in [4.78, 5) is 25.8. The average Bonchev–Trinajstić information content (AvgIpc) is 2.65. The van der Waals surface area contributed by atoms with Crippen molar-refractivity contribution in [2.75, 3.05) is 7.05 Å². The first kappa shape index (κ1) is 23.3. The molecule has 1 atom stereocenters. The molecule has 0 aromatic heterocycles. The number of nitrogens with zero attached hydrogens (tertiary/aromatic N) is 2. The second-order valence-electron chi connectivity index (χ2n) is 9.76. The fraction of sp³-hybridized carbons (Fsp3) is 0.625. The molecule has 1 aliphatic heterocycles. The third-order valence-electron chi connectivity index (χ3n) is 6.67. The Balaban J connectivity index is 1.91. The van der Waals surface area contributed by atoms with Crippen molar-refractivity contribution in [1.29, 1.82) is 0 Å². The molecule has 1 heterocycles. The SMILES string of the molecule is C/C(=C\CCc1ccc(N=O)cc1)C(C)C(=O)NC1CC(C)(C)N(C)C(C)(C)C1. The summed E-state index contributed by atoms with van der Waals surface area (Å²) in [5, 5.41) is 6.23. The summed E-state index contributed by atoms with van der Waals surface area (Å²) in [7, 11) is 2.18. The van der Waals surface area contributed by atoms with Gasteiger partial charge in [0.1, 0.15) is 5.69 Å². The van der Waals surface area contributed by atoms with Crippen LogP contribution in [0.5, 0.6) is 0 Å². The van der Waals surface area contributed by atoms with Crippen LogP contribution in [0, 0.1) is 10.8 Å². The molecule has 0 aliphatic carbocycles. The van der Waals surface area contributed by atoms with Gasteiger partial charge in [-0.25, -0.2) is 0 Å². The van der Waals surface area contributed by atoms with E-state index in [0.29, 0.717) is 5.69 Å². The molecule has 29 heavy (non-hydrogen) atoms. The molecule has 1 aliphatic rings. The van der Waals surface area contributed by atoms with E-state index in [2.05, 4.69) is 56.2 Å². The minimum absolute atomic E-state index is 0.0583. The minimum Gasteiger partial charge on any atom is -0.353 e. The Morgan fingerprint density at radius 2 is 1.76 bits per heavy atom. The molecule has 1 saturated heterocycles. The zero-order valence-electron chi connectivity index (χ0n) is 19.1. The standard InChI is InChI=1S/C24H37N3O2/c1-17(9-8-10-19-11-13-20(26-29)14-12-19)18(2)22(28)25-21-15-23(3,4)27(7)24(5,6)16-21/h9,11-14,18,21H,8,10,15-16H2,1-7H3,(H,25,28)/b17-9+. The molecule has 1 aromatic carbocycles. The molecule has 1 amide bonds. The maximum absolute atomic E-state index is 12.9. The molecule has 2 rings (SSSR count). The lowest BCUT2D eigenvalue weighted by molar-refractivity contribution is -0.125. The third kappa shape index (κ3) is 5.99. The number of carbonyl (C=O) groups is 1. The van der Waals surface area contributed by atoms with Gasteiger partial charge in [-0.2, -0.15) is 0 Å². The van der Waals surface area contributed by atoms with Crippen LogP contribution in [0.4, 0.5) is 5.69 Å². The fourth-order valence-corrected chi connectivity index (χ4v) is 4.37. The van der Waals surface area contributed by atoms with Crippen LogP contribution in [-0.2, 0) is 11.2 Å². The van der Waals surface area contributed by atoms with Gasteiger partial charge in [0.15, 0.2) is 0 Å². The van der Waals surface area contributed by atoms with Crippen molar-refractivity contribution < 1.29 is 4.79 Å². The number of rotatable bonds is 7. The van der Waals surface area contributed by atoms with E-state index in [-0.39, 0.29) is 28.9 Å². The summed E-state index contributed by atoms with van der Waals surface area (Å²) in [6.45, 7) is 13.0. The van der Waals surface area contributed by atoms with Crippen molar-refractivity contribution >= 4 is 11.6 Å². The van der Waals surface area contributed by atoms with Crippen LogP contribution in [0.2, 0.25) is 0 Å². The predicted octanol–water partition coefficient (Wildman–Crippen LogP) is 5.37. The van der Waals surface area contributed by atoms with E-state index in [0.717, 1.165) is 36.8 Å². The summed E-state index contributed by atoms with van der Waals surface area (Å²) in [6, 6.07) is 7.53. The van der Waals surface area contributed by atoms with Gasteiger partial charge < -0.3 is 5.32 Å². The predicted molar refractivity (Wildman–Crippen MR) is 120 cm³/mol. The number of hydrogen-bond donors (Lipinski definition) is 1. The highest BCUT2D eigenvalue weighted by Gasteiger charge is 2.43. The molecule has 5 heteroatoms. The van der Waals surface area contributed by atoms with Crippen molar-refractivity contribution in [3.05, 3.63) is 46.4 Å². The fourth-order valence-electron chi connectivity index (χ4n) is 4.37. The summed E-state index contributed by atoms with van der Waals surface area (Å²) in [6.07, 6.45) is 5.81. The van der Waals surface area contributed by atoms with Crippen LogP contribution in [-0.4, -0.2) is 35.0 Å². The van der Waals surface area contributed by atoms with Gasteiger partial charge in [0, 0.05) is 17.1 Å². The first-order chi connectivity index (χ1) is 13.5. The van der Waals surface area contributed by atoms with Gasteiger partial charge in [-0.1, -0.05) is 23.8 Å². The highest BCUT2D eigenvalue weighted by Crippen LogP contribution is 2.37. The van der Waals surface area contributed by atoms with Crippen molar-refractivity contribution in [3.8, 4) is 0 Å². The van der Waals surface area contributed by atoms with Crippen LogP contribution in [0.15, 0.2) is 41.1 Å². The molecular formula is C24H37N3O2.